The second kappa shape index (κ2) is 29.7. The number of rotatable bonds is 9. The Kier molecular flexibility index (Phi) is 30.6. The Morgan fingerprint density at radius 1 is 0.580 bits per heavy atom. The summed E-state index contributed by atoms with van der Waals surface area (Å²) < 4.78 is 57.4. The molecule has 0 radical (unpaired) electrons. The fourth-order valence-corrected chi connectivity index (χ4v) is 5.68. The minimum atomic E-state index is -0.588. The number of ether oxygens (including phenoxy) is 11. The summed E-state index contributed by atoms with van der Waals surface area (Å²) in [7, 11) is 0. The average Bonchev–Trinajstić information content (AvgIpc) is 3.92. The summed E-state index contributed by atoms with van der Waals surface area (Å²) in [5, 5.41) is 36.1. The quantitative estimate of drug-likeness (QED) is 0.0649. The molecule has 6 aliphatic rings. The van der Waals surface area contributed by atoms with E-state index in [1.54, 1.807) is 13.8 Å². The number of hydrogen-bond donors (Lipinski definition) is 3. The van der Waals surface area contributed by atoms with Gasteiger partial charge in [-0.3, -0.25) is 4.79 Å². The van der Waals surface area contributed by atoms with Gasteiger partial charge in [-0.05, 0) is 34.6 Å². The predicted octanol–water partition coefficient (Wildman–Crippen LogP) is -7.62. The number of hydrogen-bond acceptors (Lipinski definition) is 18. The van der Waals surface area contributed by atoms with Crippen LogP contribution >= 0.6 is 0 Å². The number of aliphatic hydroxyl groups is 3. The third-order valence-corrected chi connectivity index (χ3v) is 7.65. The average molecular weight is 781 g/mol. The molecule has 6 saturated heterocycles. The first-order chi connectivity index (χ1) is 23.2. The van der Waals surface area contributed by atoms with Crippen molar-refractivity contribution in [3.8, 4) is 0 Å². The molecule has 0 aromatic heterocycles. The Morgan fingerprint density at radius 2 is 0.840 bits per heavy atom. The van der Waals surface area contributed by atoms with Crippen LogP contribution in [0.5, 0.6) is 0 Å². The summed E-state index contributed by atoms with van der Waals surface area (Å²) in [5.41, 5.74) is 0. The van der Waals surface area contributed by atoms with Gasteiger partial charge in [-0.15, -0.1) is 0 Å². The molecule has 3 N–H and O–H groups in total. The van der Waals surface area contributed by atoms with Crippen molar-refractivity contribution in [1.29, 1.82) is 0 Å². The maximum absolute atomic E-state index is 10.2. The molecule has 0 amide bonds. The molecule has 0 aromatic rings. The molecular formula is C30H54K2O18. The van der Waals surface area contributed by atoms with E-state index in [1.807, 2.05) is 20.8 Å². The van der Waals surface area contributed by atoms with Gasteiger partial charge in [0.05, 0.1) is 52.9 Å². The molecule has 20 heteroatoms. The molecule has 284 valence electrons. The molecule has 50 heavy (non-hydrogen) atoms. The van der Waals surface area contributed by atoms with Gasteiger partial charge in [-0.2, -0.15) is 0 Å². The smallest absolute Gasteiger partial charge is 1.00 e. The van der Waals surface area contributed by atoms with Gasteiger partial charge in [-0.1, -0.05) is 0 Å². The van der Waals surface area contributed by atoms with Gasteiger partial charge in [0.15, 0.2) is 0 Å². The van der Waals surface area contributed by atoms with Crippen LogP contribution in [0.2, 0.25) is 0 Å². The predicted molar refractivity (Wildman–Crippen MR) is 160 cm³/mol. The molecule has 0 spiro atoms. The first kappa shape index (κ1) is 51.5. The summed E-state index contributed by atoms with van der Waals surface area (Å²) in [4.78, 5) is 21.4. The standard InChI is InChI=1S/C10H18O4.C8H14O4.C6H10O4.C5H10O3.CH2O3.2K.H/c1-3-11-7-5-13-10-8(12-4-2)6-14-9(7)10;1-2-10-6-4-12-7-5(9)3-11-8(6)7;7-3-1-9-6-4(8)2-10-5(3)6;1-3-7-5(6)8-4-2;2-1-4-3;;;/h7-10H,3-6H2,1-2H3;5-9H,2-4H2,1H3;3-8H,1-2H2;3-4H2,1-2H3;1,3H;;;/q;;;;;2*+1;-1/p-1/t7-,8-,9-,10-;5-,6-,7-,8-;3-,4-,5-,6-;;;;;/m111...../s1. The largest absolute Gasteiger partial charge is 1.00 e. The third-order valence-electron chi connectivity index (χ3n) is 7.65. The van der Waals surface area contributed by atoms with Gasteiger partial charge in [-0.25, -0.2) is 4.79 Å². The Hall–Kier alpha value is 1.49. The molecule has 0 aliphatic carbocycles. The van der Waals surface area contributed by atoms with E-state index in [2.05, 4.69) is 14.4 Å². The van der Waals surface area contributed by atoms with E-state index >= 15 is 0 Å². The zero-order valence-corrected chi connectivity index (χ0v) is 36.5. The third kappa shape index (κ3) is 16.7. The molecule has 6 fully saturated rings. The first-order valence-corrected chi connectivity index (χ1v) is 16.3. The van der Waals surface area contributed by atoms with Crippen molar-refractivity contribution in [2.24, 2.45) is 0 Å². The number of fused-ring (bicyclic) bond motifs is 3. The van der Waals surface area contributed by atoms with Crippen molar-refractivity contribution in [1.82, 2.24) is 0 Å². The summed E-state index contributed by atoms with van der Waals surface area (Å²) in [5.74, 6) is 0. The molecule has 6 heterocycles. The molecule has 18 nitrogen and oxygen atoms in total. The van der Waals surface area contributed by atoms with E-state index in [4.69, 9.17) is 62.9 Å². The van der Waals surface area contributed by atoms with Crippen molar-refractivity contribution in [3.05, 3.63) is 0 Å². The molecule has 0 saturated carbocycles. The molecule has 12 atom stereocenters. The Labute approximate surface area is 379 Å². The fraction of sp³-hybridized carbons (Fsp3) is 0.933. The molecular weight excluding hydrogens is 727 g/mol. The Bertz CT molecular complexity index is 843. The minimum absolute atomic E-state index is 0. The monoisotopic (exact) mass is 780 g/mol. The molecule has 6 aliphatic heterocycles. The van der Waals surface area contributed by atoms with Gasteiger partial charge in [0.25, 0.3) is 6.47 Å². The van der Waals surface area contributed by atoms with Crippen LogP contribution < -0.4 is 108 Å². The van der Waals surface area contributed by atoms with Crippen LogP contribution in [0.15, 0.2) is 0 Å². The van der Waals surface area contributed by atoms with Crippen molar-refractivity contribution in [3.63, 3.8) is 0 Å². The molecule has 0 aromatic carbocycles. The van der Waals surface area contributed by atoms with Gasteiger partial charge < -0.3 is 79.0 Å². The van der Waals surface area contributed by atoms with Crippen LogP contribution in [-0.2, 0) is 61.8 Å². The van der Waals surface area contributed by atoms with Crippen LogP contribution in [0.1, 0.15) is 36.0 Å². The SMILES string of the molecule is CCOC(=O)OCC.CCO[C@@H]1CO[C@H]2[C@@H]1OC[C@H]2O.CCO[C@@H]1CO[C@H]2[C@@H]1OC[C@H]2OCC.O=CO[O-].O[C@@H]1CO[C@H]2[C@@H]1OC[C@H]2O.[H-].[K+].[K+]. The van der Waals surface area contributed by atoms with E-state index in [0.29, 0.717) is 59.5 Å². The number of carbonyl (C=O) groups excluding carboxylic acids is 2. The van der Waals surface area contributed by atoms with Crippen LogP contribution in [0.4, 0.5) is 4.79 Å². The van der Waals surface area contributed by atoms with Gasteiger partial charge in [0.1, 0.15) is 73.2 Å². The maximum atomic E-state index is 10.2. The van der Waals surface area contributed by atoms with Crippen molar-refractivity contribution in [2.45, 2.75) is 108 Å². The van der Waals surface area contributed by atoms with E-state index in [9.17, 15) is 9.90 Å². The molecule has 0 unspecified atom stereocenters. The summed E-state index contributed by atoms with van der Waals surface area (Å²) in [6, 6.07) is 0. The van der Waals surface area contributed by atoms with Crippen LogP contribution in [0.25, 0.3) is 0 Å². The first-order valence-electron chi connectivity index (χ1n) is 16.3. The maximum Gasteiger partial charge on any atom is 1.00 e. The Morgan fingerprint density at radius 3 is 1.14 bits per heavy atom. The van der Waals surface area contributed by atoms with E-state index in [0.717, 1.165) is 0 Å². The summed E-state index contributed by atoms with van der Waals surface area (Å²) >= 11 is 0. The fourth-order valence-electron chi connectivity index (χ4n) is 5.68. The van der Waals surface area contributed by atoms with Crippen molar-refractivity contribution in [2.75, 3.05) is 72.7 Å². The molecule has 6 rings (SSSR count). The van der Waals surface area contributed by atoms with Crippen LogP contribution in [0, 0.1) is 0 Å². The normalized spacial score (nSPS) is 35.2. The Balaban J connectivity index is 0. The van der Waals surface area contributed by atoms with Crippen molar-refractivity contribution >= 4 is 12.6 Å². The van der Waals surface area contributed by atoms with Crippen molar-refractivity contribution < 1.29 is 191 Å². The van der Waals surface area contributed by atoms with Gasteiger partial charge >= 0.3 is 109 Å². The zero-order chi connectivity index (χ0) is 35.5. The topological polar surface area (TPSA) is 229 Å². The summed E-state index contributed by atoms with van der Waals surface area (Å²) in [6.07, 6.45) is -2.63. The summed E-state index contributed by atoms with van der Waals surface area (Å²) in [6.45, 7) is 14.8. The van der Waals surface area contributed by atoms with Crippen LogP contribution in [0.3, 0.4) is 0 Å². The van der Waals surface area contributed by atoms with Gasteiger partial charge in [0.2, 0.25) is 0 Å². The van der Waals surface area contributed by atoms with E-state index < -0.39 is 24.5 Å². The number of aliphatic hydroxyl groups excluding tert-OH is 3. The minimum Gasteiger partial charge on any atom is -1.00 e. The van der Waals surface area contributed by atoms with E-state index in [-0.39, 0.29) is 179 Å². The van der Waals surface area contributed by atoms with E-state index in [1.165, 1.54) is 0 Å². The second-order valence-electron chi connectivity index (χ2n) is 10.8. The van der Waals surface area contributed by atoms with Crippen LogP contribution in [-0.4, -0.2) is 174 Å². The molecule has 0 bridgehead atoms. The zero-order valence-electron chi connectivity index (χ0n) is 31.2. The van der Waals surface area contributed by atoms with Gasteiger partial charge in [0, 0.05) is 19.8 Å². The second-order valence-corrected chi connectivity index (χ2v) is 10.8. The number of carbonyl (C=O) groups is 2.